The highest BCUT2D eigenvalue weighted by Crippen LogP contribution is 2.25. The molecule has 0 fully saturated rings. The van der Waals surface area contributed by atoms with Crippen molar-refractivity contribution in [2.45, 2.75) is 46.2 Å². The molecule has 1 N–H and O–H groups in total. The summed E-state index contributed by atoms with van der Waals surface area (Å²) in [5.74, 6) is -0.739. The fourth-order valence-corrected chi connectivity index (χ4v) is 4.68. The Morgan fingerprint density at radius 2 is 1.76 bits per heavy atom. The second-order valence-electron chi connectivity index (χ2n) is 8.07. The first-order chi connectivity index (χ1) is 16.0. The summed E-state index contributed by atoms with van der Waals surface area (Å²) in [6.07, 6.45) is 2.20. The van der Waals surface area contributed by atoms with Gasteiger partial charge in [0.05, 0.1) is 11.9 Å². The van der Waals surface area contributed by atoms with Crippen molar-refractivity contribution >= 4 is 55.1 Å². The Labute approximate surface area is 215 Å². The number of aryl methyl sites for hydroxylation is 1. The smallest absolute Gasteiger partial charge is 0.244 e. The summed E-state index contributed by atoms with van der Waals surface area (Å²) in [5.41, 5.74) is 2.00. The molecule has 7 nitrogen and oxygen atoms in total. The molecule has 0 aliphatic heterocycles. The minimum atomic E-state index is -3.77. The standard InChI is InChI=1S/C24H31BrClN3O4S/c1-5-13-27-24(31)22(6-2)28(15-18-7-9-19(26)10-8-18)23(30)16-29(34(4,32)33)20-11-12-21(25)17(3)14-20/h7-12,14,22H,5-6,13,15-16H2,1-4H3,(H,27,31). The number of sulfonamides is 1. The van der Waals surface area contributed by atoms with Crippen molar-refractivity contribution in [1.82, 2.24) is 10.2 Å². The highest BCUT2D eigenvalue weighted by atomic mass is 79.9. The van der Waals surface area contributed by atoms with E-state index in [1.807, 2.05) is 20.8 Å². The van der Waals surface area contributed by atoms with Crippen LogP contribution in [-0.4, -0.2) is 50.5 Å². The number of nitrogens with one attached hydrogen (secondary N) is 1. The van der Waals surface area contributed by atoms with Gasteiger partial charge in [-0.25, -0.2) is 8.42 Å². The lowest BCUT2D eigenvalue weighted by Crippen LogP contribution is -2.52. The molecular weight excluding hydrogens is 542 g/mol. The van der Waals surface area contributed by atoms with Crippen molar-refractivity contribution in [1.29, 1.82) is 0 Å². The van der Waals surface area contributed by atoms with Crippen LogP contribution in [0.1, 0.15) is 37.8 Å². The number of carbonyl (C=O) groups excluding carboxylic acids is 2. The van der Waals surface area contributed by atoms with Crippen molar-refractivity contribution < 1.29 is 18.0 Å². The molecule has 1 unspecified atom stereocenters. The van der Waals surface area contributed by atoms with Gasteiger partial charge in [0.2, 0.25) is 21.8 Å². The summed E-state index contributed by atoms with van der Waals surface area (Å²) in [6, 6.07) is 11.3. The van der Waals surface area contributed by atoms with E-state index in [-0.39, 0.29) is 12.5 Å². The topological polar surface area (TPSA) is 86.8 Å². The Hall–Kier alpha value is -2.10. The summed E-state index contributed by atoms with van der Waals surface area (Å²) in [4.78, 5) is 27.9. The van der Waals surface area contributed by atoms with Crippen LogP contribution >= 0.6 is 27.5 Å². The number of halogens is 2. The monoisotopic (exact) mass is 571 g/mol. The molecule has 0 saturated heterocycles. The molecule has 0 heterocycles. The van der Waals surface area contributed by atoms with Gasteiger partial charge in [0, 0.05) is 22.6 Å². The normalized spacial score (nSPS) is 12.2. The minimum Gasteiger partial charge on any atom is -0.354 e. The number of anilines is 1. The van der Waals surface area contributed by atoms with Crippen molar-refractivity contribution in [3.63, 3.8) is 0 Å². The summed E-state index contributed by atoms with van der Waals surface area (Å²) >= 11 is 9.41. The van der Waals surface area contributed by atoms with E-state index in [1.54, 1.807) is 42.5 Å². The summed E-state index contributed by atoms with van der Waals surface area (Å²) in [5, 5.41) is 3.41. The van der Waals surface area contributed by atoms with Crippen LogP contribution < -0.4 is 9.62 Å². The zero-order chi connectivity index (χ0) is 25.5. The third-order valence-electron chi connectivity index (χ3n) is 5.31. The quantitative estimate of drug-likeness (QED) is 0.429. The average Bonchev–Trinajstić information content (AvgIpc) is 2.78. The molecular formula is C24H31BrClN3O4S. The van der Waals surface area contributed by atoms with E-state index >= 15 is 0 Å². The number of hydrogen-bond acceptors (Lipinski definition) is 4. The number of nitrogens with zero attached hydrogens (tertiary/aromatic N) is 2. The maximum Gasteiger partial charge on any atom is 0.244 e. The summed E-state index contributed by atoms with van der Waals surface area (Å²) in [6.45, 7) is 5.82. The maximum atomic E-state index is 13.6. The van der Waals surface area contributed by atoms with Gasteiger partial charge in [0.1, 0.15) is 12.6 Å². The lowest BCUT2D eigenvalue weighted by Gasteiger charge is -2.33. The number of rotatable bonds is 11. The molecule has 34 heavy (non-hydrogen) atoms. The Bertz CT molecular complexity index is 1110. The SMILES string of the molecule is CCCNC(=O)C(CC)N(Cc1ccc(Cl)cc1)C(=O)CN(c1ccc(Br)c(C)c1)S(C)(=O)=O. The Morgan fingerprint density at radius 1 is 1.12 bits per heavy atom. The van der Waals surface area contributed by atoms with Gasteiger partial charge in [-0.05, 0) is 61.2 Å². The van der Waals surface area contributed by atoms with Crippen molar-refractivity contribution in [2.75, 3.05) is 23.7 Å². The fourth-order valence-electron chi connectivity index (χ4n) is 3.47. The third kappa shape index (κ3) is 7.71. The van der Waals surface area contributed by atoms with E-state index < -0.39 is 28.5 Å². The number of carbonyl (C=O) groups is 2. The molecule has 0 bridgehead atoms. The van der Waals surface area contributed by atoms with E-state index in [2.05, 4.69) is 21.2 Å². The molecule has 0 radical (unpaired) electrons. The van der Waals surface area contributed by atoms with Crippen LogP contribution in [-0.2, 0) is 26.2 Å². The minimum absolute atomic E-state index is 0.144. The Morgan fingerprint density at radius 3 is 2.29 bits per heavy atom. The van der Waals surface area contributed by atoms with Gasteiger partial charge in [-0.15, -0.1) is 0 Å². The van der Waals surface area contributed by atoms with Crippen LogP contribution in [0.15, 0.2) is 46.9 Å². The molecule has 0 saturated carbocycles. The lowest BCUT2D eigenvalue weighted by atomic mass is 10.1. The second-order valence-corrected chi connectivity index (χ2v) is 11.3. The molecule has 0 aliphatic carbocycles. The number of hydrogen-bond donors (Lipinski definition) is 1. The summed E-state index contributed by atoms with van der Waals surface area (Å²) < 4.78 is 27.2. The summed E-state index contributed by atoms with van der Waals surface area (Å²) in [7, 11) is -3.77. The fraction of sp³-hybridized carbons (Fsp3) is 0.417. The van der Waals surface area contributed by atoms with Crippen molar-refractivity contribution in [3.8, 4) is 0 Å². The Kier molecular flexibility index (Phi) is 10.4. The van der Waals surface area contributed by atoms with Gasteiger partial charge in [-0.3, -0.25) is 13.9 Å². The first kappa shape index (κ1) is 28.1. The molecule has 2 rings (SSSR count). The highest BCUT2D eigenvalue weighted by molar-refractivity contribution is 9.10. The molecule has 0 aliphatic rings. The van der Waals surface area contributed by atoms with E-state index in [9.17, 15) is 18.0 Å². The van der Waals surface area contributed by atoms with Gasteiger partial charge in [0.15, 0.2) is 0 Å². The molecule has 186 valence electrons. The zero-order valence-electron chi connectivity index (χ0n) is 19.8. The first-order valence-electron chi connectivity index (χ1n) is 11.0. The maximum absolute atomic E-state index is 13.6. The lowest BCUT2D eigenvalue weighted by molar-refractivity contribution is -0.140. The highest BCUT2D eigenvalue weighted by Gasteiger charge is 2.31. The molecule has 2 amide bonds. The molecule has 10 heteroatoms. The number of benzene rings is 2. The van der Waals surface area contributed by atoms with Gasteiger partial charge < -0.3 is 10.2 Å². The Balaban J connectivity index is 2.43. The average molecular weight is 573 g/mol. The predicted octanol–water partition coefficient (Wildman–Crippen LogP) is 4.51. The first-order valence-corrected chi connectivity index (χ1v) is 14.0. The molecule has 2 aromatic rings. The van der Waals surface area contributed by atoms with E-state index in [0.29, 0.717) is 23.7 Å². The largest absolute Gasteiger partial charge is 0.354 e. The van der Waals surface area contributed by atoms with Crippen LogP contribution in [0.3, 0.4) is 0 Å². The third-order valence-corrected chi connectivity index (χ3v) is 7.59. The van der Waals surface area contributed by atoms with Crippen LogP contribution in [0.5, 0.6) is 0 Å². The van der Waals surface area contributed by atoms with E-state index in [0.717, 1.165) is 32.6 Å². The van der Waals surface area contributed by atoms with Crippen LogP contribution in [0.4, 0.5) is 5.69 Å². The van der Waals surface area contributed by atoms with Crippen LogP contribution in [0, 0.1) is 6.92 Å². The van der Waals surface area contributed by atoms with Gasteiger partial charge in [-0.1, -0.05) is 53.5 Å². The van der Waals surface area contributed by atoms with Gasteiger partial charge in [-0.2, -0.15) is 0 Å². The van der Waals surface area contributed by atoms with E-state index in [4.69, 9.17) is 11.6 Å². The molecule has 1 atom stereocenters. The van der Waals surface area contributed by atoms with Gasteiger partial charge >= 0.3 is 0 Å². The molecule has 0 spiro atoms. The van der Waals surface area contributed by atoms with E-state index in [1.165, 1.54) is 4.90 Å². The van der Waals surface area contributed by atoms with Crippen molar-refractivity contribution in [3.05, 3.63) is 63.1 Å². The predicted molar refractivity (Wildman–Crippen MR) is 140 cm³/mol. The second kappa shape index (κ2) is 12.6. The van der Waals surface area contributed by atoms with Crippen LogP contribution in [0.25, 0.3) is 0 Å². The van der Waals surface area contributed by atoms with Crippen LogP contribution in [0.2, 0.25) is 5.02 Å². The molecule has 0 aromatic heterocycles. The van der Waals surface area contributed by atoms with Crippen molar-refractivity contribution in [2.24, 2.45) is 0 Å². The van der Waals surface area contributed by atoms with Gasteiger partial charge in [0.25, 0.3) is 0 Å². The zero-order valence-corrected chi connectivity index (χ0v) is 23.0. The number of amides is 2. The molecule has 2 aromatic carbocycles.